The lowest BCUT2D eigenvalue weighted by atomic mass is 10.0. The number of nitrogens with zero attached hydrogens (tertiary/aromatic N) is 2. The van der Waals surface area contributed by atoms with Gasteiger partial charge in [0, 0.05) is 11.1 Å². The average Bonchev–Trinajstić information content (AvgIpc) is 3.23. The van der Waals surface area contributed by atoms with Gasteiger partial charge in [0.15, 0.2) is 0 Å². The van der Waals surface area contributed by atoms with Crippen molar-refractivity contribution in [3.63, 3.8) is 0 Å². The molecule has 1 heterocycles. The molecular formula is C25H32N2O. The fourth-order valence-corrected chi connectivity index (χ4v) is 3.40. The number of aromatic nitrogens is 2. The van der Waals surface area contributed by atoms with Crippen molar-refractivity contribution in [2.75, 3.05) is 0 Å². The van der Waals surface area contributed by atoms with E-state index in [1.807, 2.05) is 0 Å². The number of rotatable bonds is 11. The molecular weight excluding hydrogens is 344 g/mol. The van der Waals surface area contributed by atoms with Crippen molar-refractivity contribution >= 4 is 0 Å². The van der Waals surface area contributed by atoms with E-state index in [-0.39, 0.29) is 0 Å². The maximum Gasteiger partial charge on any atom is 0.248 e. The van der Waals surface area contributed by atoms with Gasteiger partial charge in [0.05, 0.1) is 0 Å². The second-order valence-corrected chi connectivity index (χ2v) is 7.57. The zero-order valence-corrected chi connectivity index (χ0v) is 17.3. The molecule has 0 fully saturated rings. The highest BCUT2D eigenvalue weighted by molar-refractivity contribution is 5.58. The van der Waals surface area contributed by atoms with E-state index in [9.17, 15) is 0 Å². The molecule has 28 heavy (non-hydrogen) atoms. The largest absolute Gasteiger partial charge is 0.416 e. The van der Waals surface area contributed by atoms with Gasteiger partial charge >= 0.3 is 0 Å². The molecule has 0 bridgehead atoms. The van der Waals surface area contributed by atoms with Crippen LogP contribution in [0.3, 0.4) is 0 Å². The third-order valence-electron chi connectivity index (χ3n) is 5.21. The lowest BCUT2D eigenvalue weighted by Crippen LogP contribution is -1.87. The summed E-state index contributed by atoms with van der Waals surface area (Å²) in [6.07, 6.45) is 11.3. The van der Waals surface area contributed by atoms with Gasteiger partial charge < -0.3 is 4.42 Å². The van der Waals surface area contributed by atoms with Gasteiger partial charge in [0.2, 0.25) is 11.8 Å². The van der Waals surface area contributed by atoms with Gasteiger partial charge in [-0.05, 0) is 61.1 Å². The summed E-state index contributed by atoms with van der Waals surface area (Å²) in [5.41, 5.74) is 4.69. The fraction of sp³-hybridized carbons (Fsp3) is 0.440. The molecule has 3 rings (SSSR count). The zero-order chi connectivity index (χ0) is 19.6. The molecule has 1 aromatic heterocycles. The molecule has 0 aliphatic carbocycles. The highest BCUT2D eigenvalue weighted by Crippen LogP contribution is 2.25. The summed E-state index contributed by atoms with van der Waals surface area (Å²) in [4.78, 5) is 0. The molecule has 0 atom stereocenters. The van der Waals surface area contributed by atoms with Crippen LogP contribution in [0.5, 0.6) is 0 Å². The van der Waals surface area contributed by atoms with E-state index < -0.39 is 0 Å². The van der Waals surface area contributed by atoms with Crippen molar-refractivity contribution in [1.29, 1.82) is 0 Å². The summed E-state index contributed by atoms with van der Waals surface area (Å²) >= 11 is 0. The van der Waals surface area contributed by atoms with Crippen LogP contribution in [-0.4, -0.2) is 10.2 Å². The van der Waals surface area contributed by atoms with Crippen LogP contribution in [0.1, 0.15) is 69.9 Å². The Morgan fingerprint density at radius 2 is 1.04 bits per heavy atom. The standard InChI is InChI=1S/C25H32N2O/c1-3-5-7-8-9-11-21-14-18-23(19-15-21)25-27-26-24(28-25)22-16-12-20(13-17-22)10-6-4-2/h12-19H,3-11H2,1-2H3. The van der Waals surface area contributed by atoms with E-state index in [1.165, 1.54) is 56.1 Å². The van der Waals surface area contributed by atoms with E-state index in [4.69, 9.17) is 4.42 Å². The average molecular weight is 377 g/mol. The van der Waals surface area contributed by atoms with Crippen LogP contribution in [0.4, 0.5) is 0 Å². The van der Waals surface area contributed by atoms with Crippen LogP contribution in [0.15, 0.2) is 52.9 Å². The van der Waals surface area contributed by atoms with E-state index in [2.05, 4.69) is 72.6 Å². The lowest BCUT2D eigenvalue weighted by molar-refractivity contribution is 0.584. The van der Waals surface area contributed by atoms with Crippen molar-refractivity contribution in [3.8, 4) is 22.9 Å². The van der Waals surface area contributed by atoms with Crippen molar-refractivity contribution in [3.05, 3.63) is 59.7 Å². The second kappa shape index (κ2) is 10.8. The smallest absolute Gasteiger partial charge is 0.248 e. The molecule has 2 aromatic carbocycles. The van der Waals surface area contributed by atoms with Crippen molar-refractivity contribution in [2.45, 2.75) is 71.6 Å². The minimum Gasteiger partial charge on any atom is -0.416 e. The van der Waals surface area contributed by atoms with Gasteiger partial charge in [-0.2, -0.15) is 0 Å². The topological polar surface area (TPSA) is 38.9 Å². The Hall–Kier alpha value is -2.42. The fourth-order valence-electron chi connectivity index (χ4n) is 3.40. The maximum atomic E-state index is 5.92. The SMILES string of the molecule is CCCCCCCc1ccc(-c2nnc(-c3ccc(CCCC)cc3)o2)cc1. The van der Waals surface area contributed by atoms with Crippen LogP contribution in [0, 0.1) is 0 Å². The van der Waals surface area contributed by atoms with Crippen LogP contribution >= 0.6 is 0 Å². The summed E-state index contributed by atoms with van der Waals surface area (Å²) < 4.78 is 5.92. The zero-order valence-electron chi connectivity index (χ0n) is 17.3. The third kappa shape index (κ3) is 5.79. The summed E-state index contributed by atoms with van der Waals surface area (Å²) in [6, 6.07) is 17.0. The van der Waals surface area contributed by atoms with Crippen molar-refractivity contribution in [2.24, 2.45) is 0 Å². The first kappa shape index (κ1) is 20.3. The van der Waals surface area contributed by atoms with Gasteiger partial charge in [0.1, 0.15) is 0 Å². The second-order valence-electron chi connectivity index (χ2n) is 7.57. The Morgan fingerprint density at radius 1 is 0.571 bits per heavy atom. The first-order valence-corrected chi connectivity index (χ1v) is 10.8. The summed E-state index contributed by atoms with van der Waals surface area (Å²) in [7, 11) is 0. The van der Waals surface area contributed by atoms with Gasteiger partial charge in [-0.15, -0.1) is 10.2 Å². The molecule has 0 unspecified atom stereocenters. The summed E-state index contributed by atoms with van der Waals surface area (Å²) in [6.45, 7) is 4.47. The quantitative estimate of drug-likeness (QED) is 0.331. The van der Waals surface area contributed by atoms with Gasteiger partial charge in [-0.1, -0.05) is 70.2 Å². The number of hydrogen-bond donors (Lipinski definition) is 0. The highest BCUT2D eigenvalue weighted by Gasteiger charge is 2.10. The molecule has 0 radical (unpaired) electrons. The molecule has 0 aliphatic rings. The van der Waals surface area contributed by atoms with Gasteiger partial charge in [-0.3, -0.25) is 0 Å². The van der Waals surface area contributed by atoms with Crippen LogP contribution in [0.25, 0.3) is 22.9 Å². The molecule has 0 N–H and O–H groups in total. The first-order chi connectivity index (χ1) is 13.8. The molecule has 3 heteroatoms. The molecule has 0 saturated carbocycles. The van der Waals surface area contributed by atoms with E-state index in [0.717, 1.165) is 24.0 Å². The lowest BCUT2D eigenvalue weighted by Gasteiger charge is -2.03. The van der Waals surface area contributed by atoms with Crippen LogP contribution in [-0.2, 0) is 12.8 Å². The summed E-state index contributed by atoms with van der Waals surface area (Å²) in [5, 5.41) is 8.48. The molecule has 0 saturated heterocycles. The normalized spacial score (nSPS) is 11.1. The van der Waals surface area contributed by atoms with Gasteiger partial charge in [0.25, 0.3) is 0 Å². The molecule has 3 aromatic rings. The third-order valence-corrected chi connectivity index (χ3v) is 5.21. The number of hydrogen-bond acceptors (Lipinski definition) is 3. The Kier molecular flexibility index (Phi) is 7.83. The summed E-state index contributed by atoms with van der Waals surface area (Å²) in [5.74, 6) is 1.16. The van der Waals surface area contributed by atoms with Crippen LogP contribution in [0.2, 0.25) is 0 Å². The van der Waals surface area contributed by atoms with E-state index >= 15 is 0 Å². The molecule has 3 nitrogen and oxygen atoms in total. The Morgan fingerprint density at radius 3 is 1.54 bits per heavy atom. The number of unbranched alkanes of at least 4 members (excludes halogenated alkanes) is 5. The van der Waals surface area contributed by atoms with E-state index in [1.54, 1.807) is 0 Å². The van der Waals surface area contributed by atoms with E-state index in [0.29, 0.717) is 11.8 Å². The minimum atomic E-state index is 0.581. The molecule has 148 valence electrons. The van der Waals surface area contributed by atoms with Gasteiger partial charge in [-0.25, -0.2) is 0 Å². The maximum absolute atomic E-state index is 5.92. The molecule has 0 amide bonds. The Balaban J connectivity index is 1.58. The Labute approximate surface area is 169 Å². The van der Waals surface area contributed by atoms with Crippen molar-refractivity contribution < 1.29 is 4.42 Å². The first-order valence-electron chi connectivity index (χ1n) is 10.8. The molecule has 0 spiro atoms. The predicted molar refractivity (Wildman–Crippen MR) is 116 cm³/mol. The highest BCUT2D eigenvalue weighted by atomic mass is 16.4. The monoisotopic (exact) mass is 376 g/mol. The Bertz CT molecular complexity index is 819. The van der Waals surface area contributed by atoms with Crippen LogP contribution < -0.4 is 0 Å². The molecule has 0 aliphatic heterocycles. The number of benzene rings is 2. The predicted octanol–water partition coefficient (Wildman–Crippen LogP) is 7.26. The minimum absolute atomic E-state index is 0.581. The number of aryl methyl sites for hydroxylation is 2. The van der Waals surface area contributed by atoms with Crippen molar-refractivity contribution in [1.82, 2.24) is 10.2 Å².